The van der Waals surface area contributed by atoms with Crippen molar-refractivity contribution < 1.29 is 23.8 Å². The van der Waals surface area contributed by atoms with Crippen molar-refractivity contribution in [1.29, 1.82) is 0 Å². The molecule has 7 nitrogen and oxygen atoms in total. The predicted octanol–water partition coefficient (Wildman–Crippen LogP) is 2.14. The second-order valence-corrected chi connectivity index (χ2v) is 9.01. The van der Waals surface area contributed by atoms with Crippen molar-refractivity contribution in [3.05, 3.63) is 0 Å². The molecule has 0 saturated heterocycles. The number of carbonyl (C=O) groups excluding carboxylic acids is 2. The van der Waals surface area contributed by atoms with Crippen molar-refractivity contribution in [2.75, 3.05) is 52.7 Å². The van der Waals surface area contributed by atoms with Crippen molar-refractivity contribution in [2.24, 2.45) is 10.8 Å². The zero-order chi connectivity index (χ0) is 20.8. The van der Waals surface area contributed by atoms with Crippen LogP contribution in [-0.4, -0.2) is 64.5 Å². The third-order valence-corrected chi connectivity index (χ3v) is 3.26. The summed E-state index contributed by atoms with van der Waals surface area (Å²) in [4.78, 5) is 23.2. The maximum atomic E-state index is 11.6. The number of nitrogens with one attached hydrogen (secondary N) is 2. The average molecular weight is 389 g/mol. The normalized spacial score (nSPS) is 12.1. The smallest absolute Gasteiger partial charge is 0.220 e. The zero-order valence-electron chi connectivity index (χ0n) is 18.1. The van der Waals surface area contributed by atoms with E-state index in [1.165, 1.54) is 0 Å². The number of carbonyl (C=O) groups is 2. The summed E-state index contributed by atoms with van der Waals surface area (Å²) >= 11 is 0. The number of amides is 2. The van der Waals surface area contributed by atoms with Crippen molar-refractivity contribution in [3.63, 3.8) is 0 Å². The molecule has 0 bridgehead atoms. The van der Waals surface area contributed by atoms with Gasteiger partial charge in [-0.05, 0) is 10.8 Å². The molecule has 0 aliphatic carbocycles. The van der Waals surface area contributed by atoms with E-state index in [2.05, 4.69) is 10.6 Å². The first-order valence-electron chi connectivity index (χ1n) is 9.76. The van der Waals surface area contributed by atoms with Crippen LogP contribution in [0.2, 0.25) is 0 Å². The Morgan fingerprint density at radius 1 is 0.593 bits per heavy atom. The van der Waals surface area contributed by atoms with Gasteiger partial charge in [0.2, 0.25) is 11.8 Å². The summed E-state index contributed by atoms with van der Waals surface area (Å²) in [6.45, 7) is 16.1. The SMILES string of the molecule is CC(C)(C)CC(=O)NCCOCCOCCOCCNC(=O)CC(C)(C)C. The lowest BCUT2D eigenvalue weighted by molar-refractivity contribution is -0.123. The summed E-state index contributed by atoms with van der Waals surface area (Å²) in [5, 5.41) is 5.67. The van der Waals surface area contributed by atoms with Crippen LogP contribution in [-0.2, 0) is 23.8 Å². The molecule has 0 aliphatic heterocycles. The van der Waals surface area contributed by atoms with Gasteiger partial charge < -0.3 is 24.8 Å². The van der Waals surface area contributed by atoms with Crippen molar-refractivity contribution in [2.45, 2.75) is 54.4 Å². The Hall–Kier alpha value is -1.18. The molecule has 0 radical (unpaired) electrons. The van der Waals surface area contributed by atoms with Crippen LogP contribution in [0.25, 0.3) is 0 Å². The molecule has 0 heterocycles. The van der Waals surface area contributed by atoms with E-state index in [4.69, 9.17) is 14.2 Å². The van der Waals surface area contributed by atoms with Crippen LogP contribution in [0, 0.1) is 10.8 Å². The van der Waals surface area contributed by atoms with Gasteiger partial charge in [0.25, 0.3) is 0 Å². The molecule has 27 heavy (non-hydrogen) atoms. The van der Waals surface area contributed by atoms with E-state index in [0.717, 1.165) is 0 Å². The molecule has 2 N–H and O–H groups in total. The average Bonchev–Trinajstić information content (AvgIpc) is 2.48. The second kappa shape index (κ2) is 13.9. The Balaban J connectivity index is 3.30. The Labute approximate surface area is 164 Å². The molecule has 0 spiro atoms. The molecule has 0 unspecified atom stereocenters. The third-order valence-electron chi connectivity index (χ3n) is 3.26. The number of hydrogen-bond acceptors (Lipinski definition) is 5. The van der Waals surface area contributed by atoms with E-state index in [1.807, 2.05) is 41.5 Å². The summed E-state index contributed by atoms with van der Waals surface area (Å²) in [7, 11) is 0. The second-order valence-electron chi connectivity index (χ2n) is 9.01. The van der Waals surface area contributed by atoms with Crippen LogP contribution in [0.15, 0.2) is 0 Å². The number of ether oxygens (including phenoxy) is 3. The standard InChI is InChI=1S/C20H40N2O5/c1-19(2,3)15-17(23)21-7-9-25-11-13-27-14-12-26-10-8-22-18(24)16-20(4,5)6/h7-16H2,1-6H3,(H,21,23)(H,22,24). The number of rotatable bonds is 14. The van der Waals surface area contributed by atoms with Crippen molar-refractivity contribution in [3.8, 4) is 0 Å². The van der Waals surface area contributed by atoms with Gasteiger partial charge in [0.05, 0.1) is 39.6 Å². The lowest BCUT2D eigenvalue weighted by Crippen LogP contribution is -2.30. The minimum Gasteiger partial charge on any atom is -0.377 e. The molecule has 0 aliphatic rings. The van der Waals surface area contributed by atoms with Gasteiger partial charge in [-0.1, -0.05) is 41.5 Å². The highest BCUT2D eigenvalue weighted by molar-refractivity contribution is 5.76. The first-order valence-corrected chi connectivity index (χ1v) is 9.76. The summed E-state index contributed by atoms with van der Waals surface area (Å²) in [5.74, 6) is 0.100. The summed E-state index contributed by atoms with van der Waals surface area (Å²) in [6, 6.07) is 0. The monoisotopic (exact) mass is 388 g/mol. The summed E-state index contributed by atoms with van der Waals surface area (Å²) in [6.07, 6.45) is 1.02. The first-order chi connectivity index (χ1) is 12.5. The Bertz CT molecular complexity index is 376. The summed E-state index contributed by atoms with van der Waals surface area (Å²) < 4.78 is 16.2. The molecule has 0 rings (SSSR count). The van der Waals surface area contributed by atoms with Gasteiger partial charge in [-0.2, -0.15) is 0 Å². The van der Waals surface area contributed by atoms with Gasteiger partial charge in [-0.25, -0.2) is 0 Å². The van der Waals surface area contributed by atoms with E-state index in [1.54, 1.807) is 0 Å². The Morgan fingerprint density at radius 2 is 0.889 bits per heavy atom. The van der Waals surface area contributed by atoms with Gasteiger partial charge in [-0.3, -0.25) is 9.59 Å². The van der Waals surface area contributed by atoms with E-state index in [0.29, 0.717) is 65.6 Å². The molecular formula is C20H40N2O5. The molecule has 0 aromatic rings. The first kappa shape index (κ1) is 25.8. The fourth-order valence-electron chi connectivity index (χ4n) is 2.16. The lowest BCUT2D eigenvalue weighted by Gasteiger charge is -2.17. The quantitative estimate of drug-likeness (QED) is 0.445. The molecule has 0 aromatic carbocycles. The van der Waals surface area contributed by atoms with Crippen LogP contribution in [0.5, 0.6) is 0 Å². The molecular weight excluding hydrogens is 348 g/mol. The van der Waals surface area contributed by atoms with Crippen LogP contribution >= 0.6 is 0 Å². The highest BCUT2D eigenvalue weighted by atomic mass is 16.5. The molecule has 0 saturated carbocycles. The fourth-order valence-corrected chi connectivity index (χ4v) is 2.16. The van der Waals surface area contributed by atoms with Gasteiger partial charge in [-0.15, -0.1) is 0 Å². The van der Waals surface area contributed by atoms with Gasteiger partial charge in [0, 0.05) is 25.9 Å². The minimum atomic E-state index is -0.00112. The highest BCUT2D eigenvalue weighted by Crippen LogP contribution is 2.18. The zero-order valence-corrected chi connectivity index (χ0v) is 18.1. The molecule has 0 aromatic heterocycles. The fraction of sp³-hybridized carbons (Fsp3) is 0.900. The van der Waals surface area contributed by atoms with Crippen molar-refractivity contribution in [1.82, 2.24) is 10.6 Å². The van der Waals surface area contributed by atoms with Crippen LogP contribution in [0.3, 0.4) is 0 Å². The largest absolute Gasteiger partial charge is 0.377 e. The predicted molar refractivity (Wildman–Crippen MR) is 107 cm³/mol. The molecule has 0 atom stereocenters. The van der Waals surface area contributed by atoms with Crippen molar-refractivity contribution >= 4 is 11.8 Å². The molecule has 7 heteroatoms. The number of hydrogen-bond donors (Lipinski definition) is 2. The Morgan fingerprint density at radius 3 is 1.19 bits per heavy atom. The topological polar surface area (TPSA) is 85.9 Å². The van der Waals surface area contributed by atoms with E-state index < -0.39 is 0 Å². The van der Waals surface area contributed by atoms with Crippen LogP contribution in [0.4, 0.5) is 0 Å². The van der Waals surface area contributed by atoms with E-state index in [-0.39, 0.29) is 22.6 Å². The molecule has 160 valence electrons. The van der Waals surface area contributed by atoms with E-state index >= 15 is 0 Å². The third kappa shape index (κ3) is 21.0. The van der Waals surface area contributed by atoms with E-state index in [9.17, 15) is 9.59 Å². The van der Waals surface area contributed by atoms with Gasteiger partial charge in [0.15, 0.2) is 0 Å². The minimum absolute atomic E-state index is 0.00112. The van der Waals surface area contributed by atoms with Gasteiger partial charge >= 0.3 is 0 Å². The maximum absolute atomic E-state index is 11.6. The maximum Gasteiger partial charge on any atom is 0.220 e. The molecule has 2 amide bonds. The lowest BCUT2D eigenvalue weighted by atomic mass is 9.92. The van der Waals surface area contributed by atoms with Crippen LogP contribution < -0.4 is 10.6 Å². The highest BCUT2D eigenvalue weighted by Gasteiger charge is 2.15. The summed E-state index contributed by atoms with van der Waals surface area (Å²) in [5.41, 5.74) is -0.00224. The van der Waals surface area contributed by atoms with Crippen LogP contribution in [0.1, 0.15) is 54.4 Å². The molecule has 0 fully saturated rings. The van der Waals surface area contributed by atoms with Gasteiger partial charge in [0.1, 0.15) is 0 Å². The Kier molecular flexibility index (Phi) is 13.3.